The predicted molar refractivity (Wildman–Crippen MR) is 83.5 cm³/mol. The summed E-state index contributed by atoms with van der Waals surface area (Å²) in [7, 11) is 0. The molecule has 1 saturated heterocycles. The molecule has 0 aliphatic carbocycles. The predicted octanol–water partition coefficient (Wildman–Crippen LogP) is 4.31. The summed E-state index contributed by atoms with van der Waals surface area (Å²) in [6.45, 7) is 6.58. The SMILES string of the molecule is CC(C)(C)c1ccc(C2OC2C(=O)c2ccccc2)cc1. The molecule has 2 aromatic carbocycles. The maximum atomic E-state index is 12.3. The summed E-state index contributed by atoms with van der Waals surface area (Å²) in [5, 5.41) is 0. The zero-order chi connectivity index (χ0) is 15.0. The Labute approximate surface area is 125 Å². The van der Waals surface area contributed by atoms with Crippen LogP contribution in [0.2, 0.25) is 0 Å². The van der Waals surface area contributed by atoms with Crippen molar-refractivity contribution in [3.8, 4) is 0 Å². The molecule has 1 aliphatic rings. The van der Waals surface area contributed by atoms with Gasteiger partial charge in [-0.1, -0.05) is 75.4 Å². The second kappa shape index (κ2) is 5.12. The average molecular weight is 280 g/mol. The van der Waals surface area contributed by atoms with Crippen molar-refractivity contribution in [1.82, 2.24) is 0 Å². The first-order valence-electron chi connectivity index (χ1n) is 7.32. The van der Waals surface area contributed by atoms with Crippen LogP contribution in [0.15, 0.2) is 54.6 Å². The number of hydrogen-bond donors (Lipinski definition) is 0. The molecule has 21 heavy (non-hydrogen) atoms. The Morgan fingerprint density at radius 1 is 0.952 bits per heavy atom. The maximum absolute atomic E-state index is 12.3. The van der Waals surface area contributed by atoms with E-state index in [1.807, 2.05) is 30.3 Å². The van der Waals surface area contributed by atoms with Crippen LogP contribution in [0.5, 0.6) is 0 Å². The highest BCUT2D eigenvalue weighted by molar-refractivity contribution is 6.01. The molecule has 3 rings (SSSR count). The summed E-state index contributed by atoms with van der Waals surface area (Å²) >= 11 is 0. The van der Waals surface area contributed by atoms with Crippen molar-refractivity contribution in [2.45, 2.75) is 38.4 Å². The molecule has 0 amide bonds. The van der Waals surface area contributed by atoms with Gasteiger partial charge in [-0.2, -0.15) is 0 Å². The Balaban J connectivity index is 1.72. The molecule has 108 valence electrons. The fourth-order valence-corrected chi connectivity index (χ4v) is 2.50. The van der Waals surface area contributed by atoms with Crippen molar-refractivity contribution in [1.29, 1.82) is 0 Å². The number of epoxide rings is 1. The van der Waals surface area contributed by atoms with Gasteiger partial charge in [-0.05, 0) is 16.5 Å². The minimum Gasteiger partial charge on any atom is -0.356 e. The van der Waals surface area contributed by atoms with Crippen LogP contribution in [0, 0.1) is 0 Å². The molecule has 0 radical (unpaired) electrons. The van der Waals surface area contributed by atoms with Crippen LogP contribution < -0.4 is 0 Å². The molecule has 1 heterocycles. The molecular formula is C19H20O2. The maximum Gasteiger partial charge on any atom is 0.194 e. The molecule has 1 aliphatic heterocycles. The van der Waals surface area contributed by atoms with Crippen molar-refractivity contribution in [2.24, 2.45) is 0 Å². The lowest BCUT2D eigenvalue weighted by molar-refractivity contribution is 0.0953. The number of carbonyl (C=O) groups is 1. The molecule has 2 atom stereocenters. The molecule has 0 bridgehead atoms. The highest BCUT2D eigenvalue weighted by atomic mass is 16.6. The standard InChI is InChI=1S/C19H20O2/c1-19(2,3)15-11-9-14(10-12-15)17-18(21-17)16(20)13-7-5-4-6-8-13/h4-12,17-18H,1-3H3. The lowest BCUT2D eigenvalue weighted by Crippen LogP contribution is -2.11. The third-order valence-electron chi connectivity index (χ3n) is 3.91. The summed E-state index contributed by atoms with van der Waals surface area (Å²) < 4.78 is 5.60. The highest BCUT2D eigenvalue weighted by Gasteiger charge is 2.46. The van der Waals surface area contributed by atoms with Gasteiger partial charge < -0.3 is 4.74 Å². The van der Waals surface area contributed by atoms with E-state index >= 15 is 0 Å². The van der Waals surface area contributed by atoms with Gasteiger partial charge in [-0.3, -0.25) is 4.79 Å². The second-order valence-electron chi connectivity index (χ2n) is 6.58. The first kappa shape index (κ1) is 14.0. The zero-order valence-corrected chi connectivity index (χ0v) is 12.7. The van der Waals surface area contributed by atoms with E-state index in [1.54, 1.807) is 0 Å². The van der Waals surface area contributed by atoms with Gasteiger partial charge in [0.25, 0.3) is 0 Å². The van der Waals surface area contributed by atoms with Crippen LogP contribution in [-0.4, -0.2) is 11.9 Å². The molecule has 2 unspecified atom stereocenters. The van der Waals surface area contributed by atoms with Gasteiger partial charge >= 0.3 is 0 Å². The third-order valence-corrected chi connectivity index (χ3v) is 3.91. The summed E-state index contributed by atoms with van der Waals surface area (Å²) in [5.74, 6) is 0.0699. The zero-order valence-electron chi connectivity index (χ0n) is 12.7. The van der Waals surface area contributed by atoms with Crippen molar-refractivity contribution in [3.63, 3.8) is 0 Å². The van der Waals surface area contributed by atoms with Crippen molar-refractivity contribution >= 4 is 5.78 Å². The molecule has 2 heteroatoms. The van der Waals surface area contributed by atoms with Crippen molar-refractivity contribution < 1.29 is 9.53 Å². The number of carbonyl (C=O) groups excluding carboxylic acids is 1. The molecule has 0 saturated carbocycles. The average Bonchev–Trinajstić information content (AvgIpc) is 3.27. The molecule has 1 fully saturated rings. The lowest BCUT2D eigenvalue weighted by atomic mass is 9.86. The molecule has 0 spiro atoms. The molecular weight excluding hydrogens is 260 g/mol. The topological polar surface area (TPSA) is 29.6 Å². The van der Waals surface area contributed by atoms with Crippen LogP contribution in [0.3, 0.4) is 0 Å². The van der Waals surface area contributed by atoms with E-state index in [1.165, 1.54) is 5.56 Å². The Morgan fingerprint density at radius 2 is 1.57 bits per heavy atom. The Hall–Kier alpha value is -1.93. The second-order valence-corrected chi connectivity index (χ2v) is 6.58. The molecule has 0 aromatic heterocycles. The van der Waals surface area contributed by atoms with Gasteiger partial charge in [0.15, 0.2) is 11.9 Å². The minimum atomic E-state index is -0.326. The summed E-state index contributed by atoms with van der Waals surface area (Å²) in [6, 6.07) is 17.7. The van der Waals surface area contributed by atoms with Crippen LogP contribution in [0.25, 0.3) is 0 Å². The van der Waals surface area contributed by atoms with E-state index in [2.05, 4.69) is 45.0 Å². The highest BCUT2D eigenvalue weighted by Crippen LogP contribution is 2.41. The number of benzene rings is 2. The smallest absolute Gasteiger partial charge is 0.194 e. The first-order chi connectivity index (χ1) is 9.97. The van der Waals surface area contributed by atoms with E-state index in [0.717, 1.165) is 11.1 Å². The van der Waals surface area contributed by atoms with E-state index in [4.69, 9.17) is 4.74 Å². The number of ether oxygens (including phenoxy) is 1. The normalized spacial score (nSPS) is 21.1. The van der Waals surface area contributed by atoms with Gasteiger partial charge in [-0.25, -0.2) is 0 Å². The van der Waals surface area contributed by atoms with Gasteiger partial charge in [0.1, 0.15) is 6.10 Å². The summed E-state index contributed by atoms with van der Waals surface area (Å²) in [5.41, 5.74) is 3.23. The Kier molecular flexibility index (Phi) is 3.42. The van der Waals surface area contributed by atoms with Crippen LogP contribution in [0.1, 0.15) is 48.4 Å². The van der Waals surface area contributed by atoms with Gasteiger partial charge in [-0.15, -0.1) is 0 Å². The van der Waals surface area contributed by atoms with Crippen molar-refractivity contribution in [3.05, 3.63) is 71.3 Å². The van der Waals surface area contributed by atoms with Gasteiger partial charge in [0.2, 0.25) is 0 Å². The first-order valence-corrected chi connectivity index (χ1v) is 7.32. The largest absolute Gasteiger partial charge is 0.356 e. The minimum absolute atomic E-state index is 0.0699. The van der Waals surface area contributed by atoms with Crippen LogP contribution >= 0.6 is 0 Å². The lowest BCUT2D eigenvalue weighted by Gasteiger charge is -2.18. The number of Topliss-reactive ketones (excluding diaryl/α,β-unsaturated/α-hetero) is 1. The van der Waals surface area contributed by atoms with E-state index < -0.39 is 0 Å². The van der Waals surface area contributed by atoms with E-state index in [0.29, 0.717) is 0 Å². The van der Waals surface area contributed by atoms with Crippen LogP contribution in [0.4, 0.5) is 0 Å². The van der Waals surface area contributed by atoms with Gasteiger partial charge in [0, 0.05) is 5.56 Å². The van der Waals surface area contributed by atoms with E-state index in [-0.39, 0.29) is 23.4 Å². The monoisotopic (exact) mass is 280 g/mol. The molecule has 2 aromatic rings. The number of rotatable bonds is 3. The van der Waals surface area contributed by atoms with Gasteiger partial charge in [0.05, 0.1) is 0 Å². The quantitative estimate of drug-likeness (QED) is 0.619. The number of hydrogen-bond acceptors (Lipinski definition) is 2. The summed E-state index contributed by atoms with van der Waals surface area (Å²) in [4.78, 5) is 12.3. The molecule has 2 nitrogen and oxygen atoms in total. The third kappa shape index (κ3) is 2.91. The molecule has 0 N–H and O–H groups in total. The fraction of sp³-hybridized carbons (Fsp3) is 0.316. The van der Waals surface area contributed by atoms with Crippen LogP contribution in [-0.2, 0) is 10.2 Å². The van der Waals surface area contributed by atoms with Crippen molar-refractivity contribution in [2.75, 3.05) is 0 Å². The number of ketones is 1. The Bertz CT molecular complexity index is 636. The fourth-order valence-electron chi connectivity index (χ4n) is 2.50. The van der Waals surface area contributed by atoms with E-state index in [9.17, 15) is 4.79 Å². The Morgan fingerprint density at radius 3 is 2.14 bits per heavy atom. The summed E-state index contributed by atoms with van der Waals surface area (Å²) in [6.07, 6.45) is -0.417.